The lowest BCUT2D eigenvalue weighted by molar-refractivity contribution is -0.149. The molecule has 29 heavy (non-hydrogen) atoms. The molecule has 3 rings (SSSR count). The molecule has 2 aromatic rings. The van der Waals surface area contributed by atoms with Crippen LogP contribution in [0.1, 0.15) is 24.5 Å². The van der Waals surface area contributed by atoms with Gasteiger partial charge in [0.25, 0.3) is 5.91 Å². The van der Waals surface area contributed by atoms with Crippen molar-refractivity contribution in [1.29, 1.82) is 0 Å². The summed E-state index contributed by atoms with van der Waals surface area (Å²) in [6.07, 6.45) is 2.13. The molecule has 0 radical (unpaired) electrons. The van der Waals surface area contributed by atoms with E-state index in [1.807, 2.05) is 48.5 Å². The molecule has 0 saturated carbocycles. The number of ether oxygens (including phenoxy) is 1. The summed E-state index contributed by atoms with van der Waals surface area (Å²) in [4.78, 5) is 36.2. The first kappa shape index (κ1) is 20.0. The van der Waals surface area contributed by atoms with E-state index in [9.17, 15) is 14.4 Å². The van der Waals surface area contributed by atoms with Crippen LogP contribution in [-0.4, -0.2) is 41.7 Å². The van der Waals surface area contributed by atoms with Gasteiger partial charge in [-0.05, 0) is 17.2 Å². The Morgan fingerprint density at radius 3 is 2.38 bits per heavy atom. The zero-order valence-corrected chi connectivity index (χ0v) is 16.0. The van der Waals surface area contributed by atoms with Gasteiger partial charge in [0.1, 0.15) is 5.70 Å². The van der Waals surface area contributed by atoms with Crippen LogP contribution in [0, 0.1) is 0 Å². The number of esters is 1. The average Bonchev–Trinajstić information content (AvgIpc) is 3.23. The highest BCUT2D eigenvalue weighted by Crippen LogP contribution is 2.14. The van der Waals surface area contributed by atoms with Crippen molar-refractivity contribution < 1.29 is 19.1 Å². The second-order valence-electron chi connectivity index (χ2n) is 6.41. The standard InChI is InChI=1S/C22H21N3O4/c1-16(26)23-20(14-17-8-4-2-5-9-17)22(28)29-15-21(27)25-13-12-19(24-25)18-10-6-3-7-11-18/h2-11,14H,12-13,15H2,1H3,(H,23,26)/b20-14-. The molecule has 1 aliphatic rings. The number of carbonyl (C=O) groups excluding carboxylic acids is 3. The molecule has 148 valence electrons. The smallest absolute Gasteiger partial charge is 0.355 e. The molecule has 1 aliphatic heterocycles. The molecule has 0 aromatic heterocycles. The van der Waals surface area contributed by atoms with Crippen LogP contribution in [0.5, 0.6) is 0 Å². The van der Waals surface area contributed by atoms with E-state index >= 15 is 0 Å². The maximum Gasteiger partial charge on any atom is 0.355 e. The number of rotatable bonds is 6. The average molecular weight is 391 g/mol. The largest absolute Gasteiger partial charge is 0.451 e. The van der Waals surface area contributed by atoms with E-state index < -0.39 is 24.4 Å². The minimum absolute atomic E-state index is 0.0357. The molecule has 0 unspecified atom stereocenters. The maximum atomic E-state index is 12.4. The second-order valence-corrected chi connectivity index (χ2v) is 6.41. The first-order chi connectivity index (χ1) is 14.0. The van der Waals surface area contributed by atoms with Crippen molar-refractivity contribution in [2.75, 3.05) is 13.2 Å². The van der Waals surface area contributed by atoms with Gasteiger partial charge in [0.05, 0.1) is 12.3 Å². The van der Waals surface area contributed by atoms with Gasteiger partial charge < -0.3 is 10.1 Å². The molecule has 2 aromatic carbocycles. The van der Waals surface area contributed by atoms with Gasteiger partial charge in [-0.15, -0.1) is 0 Å². The van der Waals surface area contributed by atoms with Crippen LogP contribution in [0.25, 0.3) is 6.08 Å². The second kappa shape index (κ2) is 9.45. The Balaban J connectivity index is 1.62. The van der Waals surface area contributed by atoms with Crippen LogP contribution in [0.15, 0.2) is 71.5 Å². The minimum Gasteiger partial charge on any atom is -0.451 e. The van der Waals surface area contributed by atoms with E-state index in [-0.39, 0.29) is 5.70 Å². The molecule has 7 heteroatoms. The van der Waals surface area contributed by atoms with Crippen LogP contribution in [0.4, 0.5) is 0 Å². The molecule has 0 bridgehead atoms. The summed E-state index contributed by atoms with van der Waals surface area (Å²) < 4.78 is 5.11. The van der Waals surface area contributed by atoms with E-state index in [1.165, 1.54) is 18.0 Å². The van der Waals surface area contributed by atoms with Crippen molar-refractivity contribution in [2.45, 2.75) is 13.3 Å². The molecule has 7 nitrogen and oxygen atoms in total. The predicted octanol–water partition coefficient (Wildman–Crippen LogP) is 2.34. The van der Waals surface area contributed by atoms with Crippen molar-refractivity contribution >= 4 is 29.6 Å². The van der Waals surface area contributed by atoms with Crippen LogP contribution in [-0.2, 0) is 19.1 Å². The SMILES string of the molecule is CC(=O)N/C(=C\c1ccccc1)C(=O)OCC(=O)N1CCC(c2ccccc2)=N1. The van der Waals surface area contributed by atoms with Gasteiger partial charge in [-0.25, -0.2) is 9.80 Å². The molecule has 0 saturated heterocycles. The summed E-state index contributed by atoms with van der Waals surface area (Å²) >= 11 is 0. The molecule has 1 heterocycles. The van der Waals surface area contributed by atoms with Crippen LogP contribution < -0.4 is 5.32 Å². The summed E-state index contributed by atoms with van der Waals surface area (Å²) in [5.74, 6) is -1.62. The fourth-order valence-corrected chi connectivity index (χ4v) is 2.80. The number of nitrogens with one attached hydrogen (secondary N) is 1. The Morgan fingerprint density at radius 1 is 1.07 bits per heavy atom. The van der Waals surface area contributed by atoms with Crippen molar-refractivity contribution in [1.82, 2.24) is 10.3 Å². The monoisotopic (exact) mass is 391 g/mol. The summed E-state index contributed by atoms with van der Waals surface area (Å²) in [6.45, 7) is 1.26. The first-order valence-electron chi connectivity index (χ1n) is 9.17. The van der Waals surface area contributed by atoms with Crippen LogP contribution >= 0.6 is 0 Å². The molecule has 0 fully saturated rings. The lowest BCUT2D eigenvalue weighted by Gasteiger charge is -2.13. The number of hydrogen-bond donors (Lipinski definition) is 1. The fraction of sp³-hybridized carbons (Fsp3) is 0.182. The lowest BCUT2D eigenvalue weighted by Crippen LogP contribution is -2.31. The Labute approximate surface area is 168 Å². The van der Waals surface area contributed by atoms with E-state index in [2.05, 4.69) is 10.4 Å². The van der Waals surface area contributed by atoms with E-state index in [0.717, 1.165) is 16.8 Å². The van der Waals surface area contributed by atoms with Gasteiger partial charge in [-0.1, -0.05) is 60.7 Å². The number of carbonyl (C=O) groups is 3. The van der Waals surface area contributed by atoms with Crippen LogP contribution in [0.3, 0.4) is 0 Å². The van der Waals surface area contributed by atoms with Gasteiger partial charge in [-0.3, -0.25) is 9.59 Å². The third kappa shape index (κ3) is 5.62. The number of amides is 2. The van der Waals surface area contributed by atoms with Gasteiger partial charge >= 0.3 is 5.97 Å². The Kier molecular flexibility index (Phi) is 6.52. The first-order valence-corrected chi connectivity index (χ1v) is 9.17. The summed E-state index contributed by atoms with van der Waals surface area (Å²) in [6, 6.07) is 18.6. The zero-order valence-electron chi connectivity index (χ0n) is 16.0. The lowest BCUT2D eigenvalue weighted by atomic mass is 10.1. The number of hydrogen-bond acceptors (Lipinski definition) is 5. The van der Waals surface area contributed by atoms with Crippen LogP contribution in [0.2, 0.25) is 0 Å². The zero-order chi connectivity index (χ0) is 20.6. The van der Waals surface area contributed by atoms with E-state index in [4.69, 9.17) is 4.74 Å². The maximum absolute atomic E-state index is 12.4. The normalized spacial score (nSPS) is 13.6. The molecule has 0 spiro atoms. The van der Waals surface area contributed by atoms with Gasteiger partial charge in [0, 0.05) is 13.3 Å². The third-order valence-corrected chi connectivity index (χ3v) is 4.16. The number of benzene rings is 2. The summed E-state index contributed by atoms with van der Waals surface area (Å²) in [5.41, 5.74) is 2.45. The highest BCUT2D eigenvalue weighted by Gasteiger charge is 2.23. The van der Waals surface area contributed by atoms with Crippen molar-refractivity contribution in [3.8, 4) is 0 Å². The number of hydrazone groups is 1. The number of nitrogens with zero attached hydrogens (tertiary/aromatic N) is 2. The molecule has 0 atom stereocenters. The Morgan fingerprint density at radius 2 is 1.72 bits per heavy atom. The fourth-order valence-electron chi connectivity index (χ4n) is 2.80. The summed E-state index contributed by atoms with van der Waals surface area (Å²) in [5, 5.41) is 8.07. The summed E-state index contributed by atoms with van der Waals surface area (Å²) in [7, 11) is 0. The predicted molar refractivity (Wildman–Crippen MR) is 109 cm³/mol. The minimum atomic E-state index is -0.788. The quantitative estimate of drug-likeness (QED) is 0.605. The highest BCUT2D eigenvalue weighted by molar-refractivity contribution is 6.03. The molecule has 1 N–H and O–H groups in total. The van der Waals surface area contributed by atoms with Crippen molar-refractivity contribution in [3.63, 3.8) is 0 Å². The molecule has 0 aliphatic carbocycles. The Hall–Kier alpha value is -3.74. The van der Waals surface area contributed by atoms with E-state index in [1.54, 1.807) is 12.1 Å². The Bertz CT molecular complexity index is 953. The third-order valence-electron chi connectivity index (χ3n) is 4.16. The van der Waals surface area contributed by atoms with Gasteiger partial charge in [0.15, 0.2) is 6.61 Å². The molecular weight excluding hydrogens is 370 g/mol. The van der Waals surface area contributed by atoms with Gasteiger partial charge in [0.2, 0.25) is 5.91 Å². The topological polar surface area (TPSA) is 88.1 Å². The van der Waals surface area contributed by atoms with Crippen molar-refractivity contribution in [3.05, 3.63) is 77.5 Å². The van der Waals surface area contributed by atoms with E-state index in [0.29, 0.717) is 13.0 Å². The van der Waals surface area contributed by atoms with Crippen molar-refractivity contribution in [2.24, 2.45) is 5.10 Å². The molecular formula is C22H21N3O4. The van der Waals surface area contributed by atoms with Gasteiger partial charge in [-0.2, -0.15) is 5.10 Å². The molecule has 2 amide bonds. The highest BCUT2D eigenvalue weighted by atomic mass is 16.5.